The lowest BCUT2D eigenvalue weighted by molar-refractivity contribution is -0.166. The molecule has 0 aromatic rings. The van der Waals surface area contributed by atoms with Gasteiger partial charge in [-0.15, -0.1) is 0 Å². The van der Waals surface area contributed by atoms with Crippen LogP contribution in [0, 0.1) is 0 Å². The summed E-state index contributed by atoms with van der Waals surface area (Å²) in [6.45, 7) is 1.09. The van der Waals surface area contributed by atoms with Gasteiger partial charge in [0.05, 0.1) is 25.8 Å². The number of halogens is 3. The number of hydrogen-bond donors (Lipinski definition) is 0. The molecular formula is C9H14F3NO2. The number of hydrogen-bond acceptors (Lipinski definition) is 3. The van der Waals surface area contributed by atoms with Crippen molar-refractivity contribution < 1.29 is 22.7 Å². The maximum atomic E-state index is 12.2. The van der Waals surface area contributed by atoms with Crippen molar-refractivity contribution in [3.05, 3.63) is 0 Å². The molecule has 1 saturated heterocycles. The fourth-order valence-electron chi connectivity index (χ4n) is 1.59. The van der Waals surface area contributed by atoms with E-state index in [4.69, 9.17) is 4.74 Å². The van der Waals surface area contributed by atoms with E-state index in [0.717, 1.165) is 4.90 Å². The van der Waals surface area contributed by atoms with Gasteiger partial charge in [-0.2, -0.15) is 13.2 Å². The van der Waals surface area contributed by atoms with Crippen molar-refractivity contribution in [2.75, 3.05) is 26.3 Å². The fourth-order valence-corrected chi connectivity index (χ4v) is 1.59. The first-order chi connectivity index (χ1) is 6.94. The van der Waals surface area contributed by atoms with Crippen LogP contribution in [0.2, 0.25) is 0 Å². The molecule has 88 valence electrons. The van der Waals surface area contributed by atoms with Gasteiger partial charge in [0.25, 0.3) is 0 Å². The molecule has 0 bridgehead atoms. The van der Waals surface area contributed by atoms with Crippen LogP contribution < -0.4 is 0 Å². The monoisotopic (exact) mass is 225 g/mol. The predicted molar refractivity (Wildman–Crippen MR) is 47.5 cm³/mol. The van der Waals surface area contributed by atoms with Crippen LogP contribution in [0.5, 0.6) is 0 Å². The van der Waals surface area contributed by atoms with Crippen molar-refractivity contribution >= 4 is 5.78 Å². The molecule has 0 aromatic carbocycles. The third-order valence-corrected chi connectivity index (χ3v) is 2.34. The summed E-state index contributed by atoms with van der Waals surface area (Å²) in [5.74, 6) is -0.195. The summed E-state index contributed by atoms with van der Waals surface area (Å²) in [5.41, 5.74) is 0. The minimum atomic E-state index is -4.26. The zero-order valence-electron chi connectivity index (χ0n) is 8.51. The topological polar surface area (TPSA) is 29.5 Å². The maximum absolute atomic E-state index is 12.2. The van der Waals surface area contributed by atoms with Crippen LogP contribution in [-0.2, 0) is 9.53 Å². The highest BCUT2D eigenvalue weighted by atomic mass is 19.4. The number of Topliss-reactive ketones (excluding diaryl/α,β-unsaturated/α-hetero) is 1. The Balaban J connectivity index is 2.61. The van der Waals surface area contributed by atoms with E-state index in [1.807, 2.05) is 0 Å². The molecule has 0 aliphatic carbocycles. The number of rotatable bonds is 3. The second-order valence-corrected chi connectivity index (χ2v) is 3.50. The normalized spacial score (nSPS) is 24.1. The number of carbonyl (C=O) groups is 1. The second kappa shape index (κ2) is 4.94. The molecule has 0 aromatic heterocycles. The second-order valence-electron chi connectivity index (χ2n) is 3.50. The smallest absolute Gasteiger partial charge is 0.378 e. The average molecular weight is 225 g/mol. The van der Waals surface area contributed by atoms with E-state index in [9.17, 15) is 18.0 Å². The molecule has 0 radical (unpaired) electrons. The lowest BCUT2D eigenvalue weighted by Gasteiger charge is -2.34. The Morgan fingerprint density at radius 2 is 2.20 bits per heavy atom. The van der Waals surface area contributed by atoms with Gasteiger partial charge in [-0.05, 0) is 0 Å². The van der Waals surface area contributed by atoms with E-state index in [-0.39, 0.29) is 32.0 Å². The van der Waals surface area contributed by atoms with Gasteiger partial charge in [0.15, 0.2) is 5.78 Å². The highest BCUT2D eigenvalue weighted by Gasteiger charge is 2.37. The van der Waals surface area contributed by atoms with E-state index in [1.54, 1.807) is 6.92 Å². The van der Waals surface area contributed by atoms with Crippen LogP contribution in [0.4, 0.5) is 13.2 Å². The summed E-state index contributed by atoms with van der Waals surface area (Å²) in [7, 11) is 0. The first kappa shape index (κ1) is 12.4. The van der Waals surface area contributed by atoms with Gasteiger partial charge in [-0.3, -0.25) is 9.69 Å². The number of nitrogens with zero attached hydrogens (tertiary/aromatic N) is 1. The van der Waals surface area contributed by atoms with Crippen molar-refractivity contribution in [3.63, 3.8) is 0 Å². The zero-order chi connectivity index (χ0) is 11.5. The summed E-state index contributed by atoms with van der Waals surface area (Å²) >= 11 is 0. The molecule has 0 unspecified atom stereocenters. The molecule has 1 atom stereocenters. The van der Waals surface area contributed by atoms with Crippen LogP contribution in [-0.4, -0.2) is 49.2 Å². The molecular weight excluding hydrogens is 211 g/mol. The standard InChI is InChI=1S/C9H14F3NO2/c1-2-8(14)7-5-15-4-3-13(7)6-9(10,11)12/h7H,2-6H2,1H3/t7-/m0/s1. The van der Waals surface area contributed by atoms with Crippen molar-refractivity contribution in [2.24, 2.45) is 0 Å². The molecule has 6 heteroatoms. The molecule has 0 spiro atoms. The van der Waals surface area contributed by atoms with Crippen molar-refractivity contribution in [1.29, 1.82) is 0 Å². The SMILES string of the molecule is CCC(=O)[C@@H]1COCCN1CC(F)(F)F. The minimum Gasteiger partial charge on any atom is -0.378 e. The molecule has 0 N–H and O–H groups in total. The summed E-state index contributed by atoms with van der Waals surface area (Å²) in [6.07, 6.45) is -4.02. The molecule has 1 rings (SSSR count). The third-order valence-electron chi connectivity index (χ3n) is 2.34. The largest absolute Gasteiger partial charge is 0.401 e. The van der Waals surface area contributed by atoms with E-state index in [1.165, 1.54) is 0 Å². The quantitative estimate of drug-likeness (QED) is 0.723. The van der Waals surface area contributed by atoms with Gasteiger partial charge in [-0.25, -0.2) is 0 Å². The first-order valence-corrected chi connectivity index (χ1v) is 4.85. The lowest BCUT2D eigenvalue weighted by atomic mass is 10.1. The zero-order valence-corrected chi connectivity index (χ0v) is 8.51. The molecule has 1 aliphatic rings. The summed E-state index contributed by atoms with van der Waals surface area (Å²) in [4.78, 5) is 12.5. The molecule has 3 nitrogen and oxygen atoms in total. The van der Waals surface area contributed by atoms with Gasteiger partial charge in [0.1, 0.15) is 0 Å². The Hall–Kier alpha value is -0.620. The van der Waals surface area contributed by atoms with Crippen LogP contribution in [0.3, 0.4) is 0 Å². The van der Waals surface area contributed by atoms with E-state index >= 15 is 0 Å². The van der Waals surface area contributed by atoms with E-state index < -0.39 is 18.8 Å². The molecule has 0 amide bonds. The average Bonchev–Trinajstić information content (AvgIpc) is 2.15. The highest BCUT2D eigenvalue weighted by Crippen LogP contribution is 2.20. The van der Waals surface area contributed by atoms with Gasteiger partial charge in [-0.1, -0.05) is 6.92 Å². The Morgan fingerprint density at radius 3 is 2.73 bits per heavy atom. The van der Waals surface area contributed by atoms with Crippen LogP contribution in [0.15, 0.2) is 0 Å². The third kappa shape index (κ3) is 3.79. The lowest BCUT2D eigenvalue weighted by Crippen LogP contribution is -2.52. The van der Waals surface area contributed by atoms with Gasteiger partial charge in [0.2, 0.25) is 0 Å². The van der Waals surface area contributed by atoms with Gasteiger partial charge >= 0.3 is 6.18 Å². The number of ether oxygens (including phenoxy) is 1. The summed E-state index contributed by atoms with van der Waals surface area (Å²) in [5, 5.41) is 0. The number of alkyl halides is 3. The van der Waals surface area contributed by atoms with Gasteiger partial charge in [0, 0.05) is 13.0 Å². The van der Waals surface area contributed by atoms with Crippen molar-refractivity contribution in [3.8, 4) is 0 Å². The van der Waals surface area contributed by atoms with Crippen molar-refractivity contribution in [1.82, 2.24) is 4.90 Å². The first-order valence-electron chi connectivity index (χ1n) is 4.85. The number of morpholine rings is 1. The summed E-state index contributed by atoms with van der Waals surface area (Å²) < 4.78 is 41.6. The fraction of sp³-hybridized carbons (Fsp3) is 0.889. The highest BCUT2D eigenvalue weighted by molar-refractivity contribution is 5.83. The number of carbonyl (C=O) groups excluding carboxylic acids is 1. The molecule has 1 fully saturated rings. The van der Waals surface area contributed by atoms with Crippen LogP contribution >= 0.6 is 0 Å². The Bertz CT molecular complexity index is 230. The minimum absolute atomic E-state index is 0.0722. The molecule has 0 saturated carbocycles. The van der Waals surface area contributed by atoms with Crippen LogP contribution in [0.1, 0.15) is 13.3 Å². The van der Waals surface area contributed by atoms with E-state index in [2.05, 4.69) is 0 Å². The van der Waals surface area contributed by atoms with E-state index in [0.29, 0.717) is 0 Å². The molecule has 15 heavy (non-hydrogen) atoms. The molecule has 1 heterocycles. The number of ketones is 1. The van der Waals surface area contributed by atoms with Crippen molar-refractivity contribution in [2.45, 2.75) is 25.6 Å². The molecule has 1 aliphatic heterocycles. The summed E-state index contributed by atoms with van der Waals surface area (Å²) in [6, 6.07) is -0.731. The maximum Gasteiger partial charge on any atom is 0.401 e. The van der Waals surface area contributed by atoms with Crippen LogP contribution in [0.25, 0.3) is 0 Å². The predicted octanol–water partition coefficient (Wildman–Crippen LogP) is 1.23. The Labute approximate surface area is 86.2 Å². The van der Waals surface area contributed by atoms with Gasteiger partial charge < -0.3 is 4.74 Å². The Kier molecular flexibility index (Phi) is 4.10. The Morgan fingerprint density at radius 1 is 1.53 bits per heavy atom.